The smallest absolute Gasteiger partial charge is 0.353 e. The zero-order valence-electron chi connectivity index (χ0n) is 18.3. The fourth-order valence-corrected chi connectivity index (χ4v) is 2.99. The Balaban J connectivity index is 2.19. The summed E-state index contributed by atoms with van der Waals surface area (Å²) in [4.78, 5) is 21.4. The molecular formula is C20H29N5O6. The molecule has 2 rings (SSSR count). The summed E-state index contributed by atoms with van der Waals surface area (Å²) < 4.78 is 20.8. The third-order valence-corrected chi connectivity index (χ3v) is 4.57. The number of nitrogens with zero attached hydrogens (tertiary/aromatic N) is 4. The molecule has 0 spiro atoms. The molecule has 0 radical (unpaired) electrons. The second-order valence-corrected chi connectivity index (χ2v) is 6.49. The van der Waals surface area contributed by atoms with Crippen molar-refractivity contribution in [3.63, 3.8) is 0 Å². The number of benzene rings is 1. The molecule has 0 fully saturated rings. The van der Waals surface area contributed by atoms with Crippen LogP contribution in [0, 0.1) is 10.1 Å². The van der Waals surface area contributed by atoms with Gasteiger partial charge in [0.05, 0.1) is 32.4 Å². The molecule has 0 aliphatic rings. The van der Waals surface area contributed by atoms with Crippen LogP contribution in [0.15, 0.2) is 24.5 Å². The van der Waals surface area contributed by atoms with Crippen LogP contribution < -0.4 is 19.7 Å². The summed E-state index contributed by atoms with van der Waals surface area (Å²) in [5, 5.41) is 14.9. The first-order valence-corrected chi connectivity index (χ1v) is 9.72. The Kier molecular flexibility index (Phi) is 9.72. The number of rotatable bonds is 14. The molecule has 11 nitrogen and oxygen atoms in total. The van der Waals surface area contributed by atoms with E-state index in [1.807, 2.05) is 18.2 Å². The molecule has 11 heteroatoms. The van der Waals surface area contributed by atoms with Gasteiger partial charge in [0.1, 0.15) is 6.33 Å². The van der Waals surface area contributed by atoms with E-state index >= 15 is 0 Å². The molecule has 31 heavy (non-hydrogen) atoms. The van der Waals surface area contributed by atoms with Gasteiger partial charge in [-0.3, -0.25) is 10.1 Å². The predicted octanol–water partition coefficient (Wildman–Crippen LogP) is 2.16. The van der Waals surface area contributed by atoms with E-state index in [1.165, 1.54) is 6.33 Å². The molecule has 0 aliphatic carbocycles. The quantitative estimate of drug-likeness (QED) is 0.349. The van der Waals surface area contributed by atoms with E-state index in [1.54, 1.807) is 33.3 Å². The Morgan fingerprint density at radius 3 is 2.29 bits per heavy atom. The van der Waals surface area contributed by atoms with Crippen LogP contribution in [-0.2, 0) is 15.9 Å². The van der Waals surface area contributed by atoms with E-state index in [9.17, 15) is 10.1 Å². The van der Waals surface area contributed by atoms with Crippen LogP contribution in [0.5, 0.6) is 11.5 Å². The summed E-state index contributed by atoms with van der Waals surface area (Å²) in [6.07, 6.45) is 1.92. The second-order valence-electron chi connectivity index (χ2n) is 6.49. The van der Waals surface area contributed by atoms with Gasteiger partial charge >= 0.3 is 5.69 Å². The number of methoxy groups -OCH3 is 4. The first-order chi connectivity index (χ1) is 15.0. The summed E-state index contributed by atoms with van der Waals surface area (Å²) in [6, 6.07) is 5.61. The summed E-state index contributed by atoms with van der Waals surface area (Å²) in [5.41, 5.74) is 0.811. The first-order valence-electron chi connectivity index (χ1n) is 9.72. The van der Waals surface area contributed by atoms with Crippen molar-refractivity contribution in [3.8, 4) is 11.5 Å². The average molecular weight is 435 g/mol. The summed E-state index contributed by atoms with van der Waals surface area (Å²) in [7, 11) is 6.30. The van der Waals surface area contributed by atoms with E-state index < -0.39 is 4.92 Å². The lowest BCUT2D eigenvalue weighted by Gasteiger charge is -2.23. The van der Waals surface area contributed by atoms with Gasteiger partial charge in [0.15, 0.2) is 11.5 Å². The minimum atomic E-state index is -0.472. The van der Waals surface area contributed by atoms with Crippen LogP contribution in [0.2, 0.25) is 0 Å². The van der Waals surface area contributed by atoms with Gasteiger partial charge in [0.25, 0.3) is 0 Å². The van der Waals surface area contributed by atoms with Crippen molar-refractivity contribution in [2.24, 2.45) is 0 Å². The normalized spacial score (nSPS) is 10.6. The highest BCUT2D eigenvalue weighted by Gasteiger charge is 2.26. The number of anilines is 2. The van der Waals surface area contributed by atoms with E-state index in [2.05, 4.69) is 15.3 Å². The van der Waals surface area contributed by atoms with Crippen molar-refractivity contribution in [1.29, 1.82) is 0 Å². The van der Waals surface area contributed by atoms with Gasteiger partial charge in [-0.15, -0.1) is 0 Å². The van der Waals surface area contributed by atoms with Gasteiger partial charge in [-0.1, -0.05) is 6.07 Å². The van der Waals surface area contributed by atoms with E-state index in [-0.39, 0.29) is 17.3 Å². The molecular weight excluding hydrogens is 406 g/mol. The summed E-state index contributed by atoms with van der Waals surface area (Å²) >= 11 is 0. The molecule has 0 atom stereocenters. The van der Waals surface area contributed by atoms with Crippen LogP contribution in [0.4, 0.5) is 17.3 Å². The standard InChI is InChI=1S/C20H29N5O6/c1-28-11-9-24(10-12-29-2)20-18(25(26)27)19(22-14-23-20)21-8-7-15-5-6-16(30-3)17(13-15)31-4/h5-6,13-14H,7-12H2,1-4H3,(H,21,22,23). The molecule has 170 valence electrons. The van der Waals surface area contributed by atoms with E-state index in [0.717, 1.165) is 5.56 Å². The minimum absolute atomic E-state index is 0.162. The van der Waals surface area contributed by atoms with Crippen molar-refractivity contribution >= 4 is 17.3 Å². The zero-order chi connectivity index (χ0) is 22.6. The van der Waals surface area contributed by atoms with Crippen LogP contribution in [-0.4, -0.2) is 76.2 Å². The highest BCUT2D eigenvalue weighted by atomic mass is 16.6. The zero-order valence-corrected chi connectivity index (χ0v) is 18.3. The Morgan fingerprint density at radius 2 is 1.71 bits per heavy atom. The maximum absolute atomic E-state index is 11.8. The highest BCUT2D eigenvalue weighted by Crippen LogP contribution is 2.32. The SMILES string of the molecule is COCCN(CCOC)c1ncnc(NCCc2ccc(OC)c(OC)c2)c1[N+](=O)[O-]. The number of hydrogen-bond donors (Lipinski definition) is 1. The van der Waals surface area contributed by atoms with Crippen LogP contribution >= 0.6 is 0 Å². The lowest BCUT2D eigenvalue weighted by Crippen LogP contribution is -2.32. The third-order valence-electron chi connectivity index (χ3n) is 4.57. The molecule has 0 saturated heterocycles. The number of ether oxygens (including phenoxy) is 4. The molecule has 1 N–H and O–H groups in total. The van der Waals surface area contributed by atoms with Crippen LogP contribution in [0.1, 0.15) is 5.56 Å². The van der Waals surface area contributed by atoms with Gasteiger partial charge in [0.2, 0.25) is 11.6 Å². The Bertz CT molecular complexity index is 843. The van der Waals surface area contributed by atoms with Crippen LogP contribution in [0.25, 0.3) is 0 Å². The fraction of sp³-hybridized carbons (Fsp3) is 0.500. The Morgan fingerprint density at radius 1 is 1.03 bits per heavy atom. The van der Waals surface area contributed by atoms with Crippen molar-refractivity contribution in [1.82, 2.24) is 9.97 Å². The lowest BCUT2D eigenvalue weighted by molar-refractivity contribution is -0.383. The Hall–Kier alpha value is -3.18. The number of nitrogens with one attached hydrogen (secondary N) is 1. The molecule has 1 aromatic carbocycles. The molecule has 1 aromatic heterocycles. The molecule has 0 saturated carbocycles. The third kappa shape index (κ3) is 6.66. The maximum Gasteiger partial charge on any atom is 0.353 e. The van der Waals surface area contributed by atoms with Gasteiger partial charge < -0.3 is 29.2 Å². The number of hydrogen-bond acceptors (Lipinski definition) is 10. The monoisotopic (exact) mass is 435 g/mol. The van der Waals surface area contributed by atoms with E-state index in [0.29, 0.717) is 50.8 Å². The van der Waals surface area contributed by atoms with Gasteiger partial charge in [-0.25, -0.2) is 9.97 Å². The molecule has 0 bridgehead atoms. The summed E-state index contributed by atoms with van der Waals surface area (Å²) in [5.74, 6) is 1.66. The largest absolute Gasteiger partial charge is 0.493 e. The number of nitro groups is 1. The maximum atomic E-state index is 11.8. The lowest BCUT2D eigenvalue weighted by atomic mass is 10.1. The van der Waals surface area contributed by atoms with Crippen molar-refractivity contribution in [3.05, 3.63) is 40.2 Å². The molecule has 2 aromatic rings. The molecule has 1 heterocycles. The average Bonchev–Trinajstić information content (AvgIpc) is 2.78. The van der Waals surface area contributed by atoms with Crippen molar-refractivity contribution in [2.75, 3.05) is 71.5 Å². The first kappa shape index (κ1) is 24.1. The fourth-order valence-electron chi connectivity index (χ4n) is 2.99. The van der Waals surface area contributed by atoms with Gasteiger partial charge in [-0.05, 0) is 24.1 Å². The second kappa shape index (κ2) is 12.5. The van der Waals surface area contributed by atoms with Crippen molar-refractivity contribution < 1.29 is 23.9 Å². The summed E-state index contributed by atoms with van der Waals surface area (Å²) in [6.45, 7) is 2.09. The molecule has 0 amide bonds. The van der Waals surface area contributed by atoms with Gasteiger partial charge in [0, 0.05) is 33.9 Å². The van der Waals surface area contributed by atoms with Gasteiger partial charge in [-0.2, -0.15) is 0 Å². The van der Waals surface area contributed by atoms with Crippen molar-refractivity contribution in [2.45, 2.75) is 6.42 Å². The molecule has 0 unspecified atom stereocenters. The topological polar surface area (TPSA) is 121 Å². The van der Waals surface area contributed by atoms with Crippen LogP contribution in [0.3, 0.4) is 0 Å². The highest BCUT2D eigenvalue weighted by molar-refractivity contribution is 5.70. The van der Waals surface area contributed by atoms with E-state index in [4.69, 9.17) is 18.9 Å². The molecule has 0 aliphatic heterocycles. The Labute approximate surface area is 181 Å². The number of aromatic nitrogens is 2. The predicted molar refractivity (Wildman–Crippen MR) is 116 cm³/mol. The minimum Gasteiger partial charge on any atom is -0.493 e.